The van der Waals surface area contributed by atoms with Crippen LogP contribution < -0.4 is 5.32 Å². The number of imidazole rings is 1. The fraction of sp³-hybridized carbons (Fsp3) is 0.462. The monoisotopic (exact) mass is 348 g/mol. The minimum atomic E-state index is -5.24. The van der Waals surface area contributed by atoms with Gasteiger partial charge in [0.2, 0.25) is 5.95 Å². The van der Waals surface area contributed by atoms with Crippen LogP contribution in [0.25, 0.3) is 11.0 Å². The number of H-pyrrole nitrogens is 1. The zero-order chi connectivity index (χ0) is 16.7. The van der Waals surface area contributed by atoms with Crippen LogP contribution in [0.15, 0.2) is 24.3 Å². The Morgan fingerprint density at radius 3 is 2.48 bits per heavy atom. The van der Waals surface area contributed by atoms with Crippen LogP contribution in [0.5, 0.6) is 0 Å². The molecule has 2 aromatic rings. The van der Waals surface area contributed by atoms with Gasteiger partial charge in [0.05, 0.1) is 11.0 Å². The van der Waals surface area contributed by atoms with Crippen LogP contribution in [0.2, 0.25) is 0 Å². The van der Waals surface area contributed by atoms with Crippen molar-refractivity contribution in [2.45, 2.75) is 24.4 Å². The Hall–Kier alpha value is -1.81. The molecule has 0 unspecified atom stereocenters. The molecular weight excluding hydrogens is 333 g/mol. The summed E-state index contributed by atoms with van der Waals surface area (Å²) in [4.78, 5) is 7.41. The molecule has 1 saturated heterocycles. The molecule has 6 nitrogen and oxygen atoms in total. The molecule has 0 spiro atoms. The third kappa shape index (κ3) is 3.13. The molecule has 1 aliphatic heterocycles. The number of hydrogen-bond donors (Lipinski definition) is 2. The van der Waals surface area contributed by atoms with Crippen molar-refractivity contribution in [3.63, 3.8) is 0 Å². The second-order valence-corrected chi connectivity index (χ2v) is 7.30. The van der Waals surface area contributed by atoms with Gasteiger partial charge in [0, 0.05) is 19.1 Å². The molecule has 1 fully saturated rings. The number of hydrogen-bond acceptors (Lipinski definition) is 4. The van der Waals surface area contributed by atoms with E-state index in [2.05, 4.69) is 15.3 Å². The van der Waals surface area contributed by atoms with E-state index in [0.717, 1.165) is 11.0 Å². The highest BCUT2D eigenvalue weighted by molar-refractivity contribution is 7.90. The van der Waals surface area contributed by atoms with Gasteiger partial charge >= 0.3 is 15.5 Å². The Balaban J connectivity index is 1.63. The Morgan fingerprint density at radius 1 is 1.22 bits per heavy atom. The number of nitrogens with one attached hydrogen (secondary N) is 2. The molecule has 10 heteroatoms. The lowest BCUT2D eigenvalue weighted by atomic mass is 10.1. The van der Waals surface area contributed by atoms with E-state index in [4.69, 9.17) is 0 Å². The third-order valence-corrected chi connectivity index (χ3v) is 5.45. The molecule has 0 bridgehead atoms. The highest BCUT2D eigenvalue weighted by Gasteiger charge is 2.50. The van der Waals surface area contributed by atoms with E-state index < -0.39 is 15.5 Å². The lowest BCUT2D eigenvalue weighted by Gasteiger charge is -2.31. The molecule has 1 aliphatic rings. The van der Waals surface area contributed by atoms with E-state index in [1.807, 2.05) is 24.3 Å². The van der Waals surface area contributed by atoms with Gasteiger partial charge in [-0.05, 0) is 25.0 Å². The predicted molar refractivity (Wildman–Crippen MR) is 79.3 cm³/mol. The van der Waals surface area contributed by atoms with E-state index in [1.54, 1.807) is 0 Å². The number of sulfonamides is 1. The van der Waals surface area contributed by atoms with Gasteiger partial charge in [-0.1, -0.05) is 12.1 Å². The summed E-state index contributed by atoms with van der Waals surface area (Å²) in [5.41, 5.74) is -3.61. The topological polar surface area (TPSA) is 78.1 Å². The van der Waals surface area contributed by atoms with Gasteiger partial charge in [-0.2, -0.15) is 17.5 Å². The number of para-hydroxylation sites is 2. The average Bonchev–Trinajstić information content (AvgIpc) is 2.88. The van der Waals surface area contributed by atoms with Crippen molar-refractivity contribution in [1.29, 1.82) is 0 Å². The smallest absolute Gasteiger partial charge is 0.353 e. The zero-order valence-electron chi connectivity index (χ0n) is 12.0. The first-order valence-corrected chi connectivity index (χ1v) is 8.49. The first-order chi connectivity index (χ1) is 10.8. The van der Waals surface area contributed by atoms with Gasteiger partial charge < -0.3 is 10.3 Å². The number of aromatic amines is 1. The average molecular weight is 348 g/mol. The van der Waals surface area contributed by atoms with Crippen LogP contribution in [-0.2, 0) is 10.0 Å². The lowest BCUT2D eigenvalue weighted by molar-refractivity contribution is -0.0494. The van der Waals surface area contributed by atoms with E-state index in [9.17, 15) is 21.6 Å². The largest absolute Gasteiger partial charge is 0.511 e. The maximum absolute atomic E-state index is 12.5. The van der Waals surface area contributed by atoms with Crippen molar-refractivity contribution >= 4 is 27.0 Å². The van der Waals surface area contributed by atoms with Crippen LogP contribution in [-0.4, -0.2) is 47.3 Å². The number of fused-ring (bicyclic) bond motifs is 1. The van der Waals surface area contributed by atoms with E-state index >= 15 is 0 Å². The number of aromatic nitrogens is 2. The molecule has 126 valence electrons. The van der Waals surface area contributed by atoms with Gasteiger partial charge in [0.15, 0.2) is 0 Å². The highest BCUT2D eigenvalue weighted by Crippen LogP contribution is 2.29. The summed E-state index contributed by atoms with van der Waals surface area (Å²) in [6, 6.07) is 7.30. The first kappa shape index (κ1) is 16.1. The van der Waals surface area contributed by atoms with Gasteiger partial charge in [-0.25, -0.2) is 13.4 Å². The van der Waals surface area contributed by atoms with Crippen molar-refractivity contribution in [2.24, 2.45) is 0 Å². The quantitative estimate of drug-likeness (QED) is 0.892. The van der Waals surface area contributed by atoms with Gasteiger partial charge in [0.25, 0.3) is 0 Å². The molecule has 0 aliphatic carbocycles. The highest BCUT2D eigenvalue weighted by atomic mass is 32.2. The van der Waals surface area contributed by atoms with E-state index in [-0.39, 0.29) is 32.0 Å². The number of rotatable bonds is 3. The molecule has 1 aromatic heterocycles. The summed E-state index contributed by atoms with van der Waals surface area (Å²) in [6.07, 6.45) is 0.568. The summed E-state index contributed by atoms with van der Waals surface area (Å²) < 4.78 is 60.8. The van der Waals surface area contributed by atoms with E-state index in [0.29, 0.717) is 10.3 Å². The number of benzene rings is 1. The standard InChI is InChI=1S/C13H15F3N4O2S/c14-13(15,16)23(21,22)20-7-5-9(6-8-20)17-12-18-10-3-1-2-4-11(10)19-12/h1-4,9H,5-8H2,(H2,17,18,19). The minimum Gasteiger partial charge on any atom is -0.353 e. The molecule has 0 amide bonds. The lowest BCUT2D eigenvalue weighted by Crippen LogP contribution is -2.47. The Morgan fingerprint density at radius 2 is 1.87 bits per heavy atom. The molecule has 2 heterocycles. The van der Waals surface area contributed by atoms with Crippen molar-refractivity contribution < 1.29 is 21.6 Å². The Labute approximate surface area is 130 Å². The van der Waals surface area contributed by atoms with Crippen molar-refractivity contribution in [3.8, 4) is 0 Å². The third-order valence-electron chi connectivity index (χ3n) is 3.82. The molecule has 23 heavy (non-hydrogen) atoms. The molecule has 0 saturated carbocycles. The van der Waals surface area contributed by atoms with Crippen LogP contribution in [0, 0.1) is 0 Å². The second kappa shape index (κ2) is 5.68. The number of nitrogens with zero attached hydrogens (tertiary/aromatic N) is 2. The summed E-state index contributed by atoms with van der Waals surface area (Å²) in [7, 11) is -5.23. The Kier molecular flexibility index (Phi) is 3.96. The molecule has 3 rings (SSSR count). The molecule has 2 N–H and O–H groups in total. The van der Waals surface area contributed by atoms with Gasteiger partial charge in [0.1, 0.15) is 0 Å². The van der Waals surface area contributed by atoms with Crippen molar-refractivity contribution in [2.75, 3.05) is 18.4 Å². The fourth-order valence-electron chi connectivity index (χ4n) is 2.60. The van der Waals surface area contributed by atoms with Crippen LogP contribution >= 0.6 is 0 Å². The number of halogens is 3. The van der Waals surface area contributed by atoms with Crippen LogP contribution in [0.4, 0.5) is 19.1 Å². The molecule has 0 radical (unpaired) electrons. The SMILES string of the molecule is O=S(=O)(N1CCC(Nc2nc3ccccc3[nH]2)CC1)C(F)(F)F. The molecule has 0 atom stereocenters. The van der Waals surface area contributed by atoms with Crippen molar-refractivity contribution in [3.05, 3.63) is 24.3 Å². The number of alkyl halides is 3. The van der Waals surface area contributed by atoms with Crippen LogP contribution in [0.1, 0.15) is 12.8 Å². The van der Waals surface area contributed by atoms with Crippen molar-refractivity contribution in [1.82, 2.24) is 14.3 Å². The fourth-order valence-corrected chi connectivity index (χ4v) is 3.59. The zero-order valence-corrected chi connectivity index (χ0v) is 12.8. The Bertz CT molecular complexity index is 762. The molecule has 1 aromatic carbocycles. The summed E-state index contributed by atoms with van der Waals surface area (Å²) in [5.74, 6) is 0.531. The first-order valence-electron chi connectivity index (χ1n) is 7.05. The van der Waals surface area contributed by atoms with Gasteiger partial charge in [-0.3, -0.25) is 0 Å². The number of piperidine rings is 1. The van der Waals surface area contributed by atoms with Crippen LogP contribution in [0.3, 0.4) is 0 Å². The number of anilines is 1. The maximum atomic E-state index is 12.5. The predicted octanol–water partition coefficient (Wildman–Crippen LogP) is 2.29. The molecular formula is C13H15F3N4O2S. The van der Waals surface area contributed by atoms with E-state index in [1.165, 1.54) is 0 Å². The summed E-state index contributed by atoms with van der Waals surface area (Å²) in [6.45, 7) is -0.334. The summed E-state index contributed by atoms with van der Waals surface area (Å²) in [5, 5.41) is 3.11. The minimum absolute atomic E-state index is 0.129. The van der Waals surface area contributed by atoms with Gasteiger partial charge in [-0.15, -0.1) is 0 Å². The second-order valence-electron chi connectivity index (χ2n) is 5.37. The normalized spacial score (nSPS) is 18.4. The maximum Gasteiger partial charge on any atom is 0.511 e. The summed E-state index contributed by atoms with van der Waals surface area (Å²) >= 11 is 0.